The number of ether oxygens (including phenoxy) is 3. The van der Waals surface area contributed by atoms with Gasteiger partial charge in [-0.25, -0.2) is 9.59 Å². The SMILES string of the molecule is COC(=O)[C@H](O)[C@H](O)C(=O)OCc1ccc(OC(F)F)cc1. The summed E-state index contributed by atoms with van der Waals surface area (Å²) in [6.07, 6.45) is -4.15. The summed E-state index contributed by atoms with van der Waals surface area (Å²) in [7, 11) is 0.979. The highest BCUT2D eigenvalue weighted by atomic mass is 19.3. The molecule has 0 fully saturated rings. The number of carbonyl (C=O) groups is 2. The third-order valence-electron chi connectivity index (χ3n) is 2.51. The van der Waals surface area contributed by atoms with Crippen molar-refractivity contribution in [1.29, 1.82) is 0 Å². The third-order valence-corrected chi connectivity index (χ3v) is 2.51. The van der Waals surface area contributed by atoms with E-state index in [1.165, 1.54) is 24.3 Å². The first kappa shape index (κ1) is 17.8. The highest BCUT2D eigenvalue weighted by Crippen LogP contribution is 2.15. The summed E-state index contributed by atoms with van der Waals surface area (Å²) in [6, 6.07) is 5.23. The van der Waals surface area contributed by atoms with E-state index >= 15 is 0 Å². The minimum atomic E-state index is -2.95. The number of aliphatic hydroxyl groups excluding tert-OH is 2. The van der Waals surface area contributed by atoms with Gasteiger partial charge in [-0.3, -0.25) is 0 Å². The molecule has 0 aliphatic rings. The number of hydrogen-bond acceptors (Lipinski definition) is 7. The number of methoxy groups -OCH3 is 1. The van der Waals surface area contributed by atoms with Crippen LogP contribution < -0.4 is 4.74 Å². The molecule has 0 saturated heterocycles. The Labute approximate surface area is 124 Å². The van der Waals surface area contributed by atoms with Crippen molar-refractivity contribution in [3.8, 4) is 5.75 Å². The molecular weight excluding hydrogens is 306 g/mol. The molecule has 0 bridgehead atoms. The minimum absolute atomic E-state index is 0.0637. The van der Waals surface area contributed by atoms with Crippen LogP contribution in [-0.4, -0.2) is 48.1 Å². The van der Waals surface area contributed by atoms with Gasteiger partial charge in [0.2, 0.25) is 0 Å². The Morgan fingerprint density at radius 2 is 1.64 bits per heavy atom. The summed E-state index contributed by atoms with van der Waals surface area (Å²) < 4.78 is 36.9. The fraction of sp³-hybridized carbons (Fsp3) is 0.385. The molecule has 2 N–H and O–H groups in total. The zero-order valence-corrected chi connectivity index (χ0v) is 11.4. The lowest BCUT2D eigenvalue weighted by Gasteiger charge is -2.14. The van der Waals surface area contributed by atoms with Crippen molar-refractivity contribution in [2.75, 3.05) is 7.11 Å². The number of carbonyl (C=O) groups excluding carboxylic acids is 2. The van der Waals surface area contributed by atoms with Gasteiger partial charge in [0, 0.05) is 0 Å². The predicted octanol–water partition coefficient (Wildman–Crippen LogP) is 0.226. The quantitative estimate of drug-likeness (QED) is 0.693. The minimum Gasteiger partial charge on any atom is -0.467 e. The molecule has 0 heterocycles. The Kier molecular flexibility index (Phi) is 6.67. The lowest BCUT2D eigenvalue weighted by Crippen LogP contribution is -2.41. The fourth-order valence-corrected chi connectivity index (χ4v) is 1.39. The standard InChI is InChI=1S/C13H14F2O7/c1-20-11(18)9(16)10(17)12(19)21-6-7-2-4-8(5-3-7)22-13(14)15/h2-5,9-10,13,16-17H,6H2,1H3/t9-,10+/m1/s1. The Hall–Kier alpha value is -2.26. The molecule has 0 unspecified atom stereocenters. The molecule has 22 heavy (non-hydrogen) atoms. The molecule has 9 heteroatoms. The second-order valence-corrected chi connectivity index (χ2v) is 4.04. The van der Waals surface area contributed by atoms with Crippen LogP contribution in [0.3, 0.4) is 0 Å². The van der Waals surface area contributed by atoms with E-state index in [1.54, 1.807) is 0 Å². The van der Waals surface area contributed by atoms with Crippen molar-refractivity contribution in [2.24, 2.45) is 0 Å². The van der Waals surface area contributed by atoms with Gasteiger partial charge in [0.15, 0.2) is 12.2 Å². The maximum atomic E-state index is 12.0. The van der Waals surface area contributed by atoms with Crippen molar-refractivity contribution in [3.63, 3.8) is 0 Å². The molecule has 0 spiro atoms. The van der Waals surface area contributed by atoms with Gasteiger partial charge in [-0.15, -0.1) is 0 Å². The molecule has 1 aromatic carbocycles. The predicted molar refractivity (Wildman–Crippen MR) is 66.9 cm³/mol. The van der Waals surface area contributed by atoms with Crippen LogP contribution in [0.15, 0.2) is 24.3 Å². The van der Waals surface area contributed by atoms with Crippen LogP contribution in [-0.2, 0) is 25.7 Å². The number of hydrogen-bond donors (Lipinski definition) is 2. The number of alkyl halides is 2. The Morgan fingerprint density at radius 1 is 1.09 bits per heavy atom. The Balaban J connectivity index is 2.51. The average Bonchev–Trinajstić information content (AvgIpc) is 2.51. The Morgan fingerprint density at radius 3 is 2.14 bits per heavy atom. The maximum Gasteiger partial charge on any atom is 0.387 e. The van der Waals surface area contributed by atoms with E-state index in [1.807, 2.05) is 0 Å². The van der Waals surface area contributed by atoms with Gasteiger partial charge in [0.1, 0.15) is 12.4 Å². The maximum absolute atomic E-state index is 12.0. The van der Waals surface area contributed by atoms with Crippen LogP contribution >= 0.6 is 0 Å². The van der Waals surface area contributed by atoms with Gasteiger partial charge in [0.05, 0.1) is 7.11 Å². The van der Waals surface area contributed by atoms with E-state index in [0.29, 0.717) is 5.56 Å². The molecule has 0 radical (unpaired) electrons. The van der Waals surface area contributed by atoms with Gasteiger partial charge in [-0.2, -0.15) is 8.78 Å². The topological polar surface area (TPSA) is 102 Å². The average molecular weight is 320 g/mol. The van der Waals surface area contributed by atoms with E-state index in [4.69, 9.17) is 0 Å². The van der Waals surface area contributed by atoms with E-state index < -0.39 is 30.8 Å². The highest BCUT2D eigenvalue weighted by Gasteiger charge is 2.32. The first-order valence-corrected chi connectivity index (χ1v) is 5.99. The van der Waals surface area contributed by atoms with Crippen molar-refractivity contribution in [3.05, 3.63) is 29.8 Å². The van der Waals surface area contributed by atoms with E-state index in [2.05, 4.69) is 14.2 Å². The van der Waals surface area contributed by atoms with E-state index in [-0.39, 0.29) is 12.4 Å². The second-order valence-electron chi connectivity index (χ2n) is 4.04. The summed E-state index contributed by atoms with van der Waals surface area (Å²) in [6.45, 7) is -3.24. The first-order valence-electron chi connectivity index (χ1n) is 5.99. The molecule has 1 aromatic rings. The summed E-state index contributed by atoms with van der Waals surface area (Å²) in [5.74, 6) is -2.48. The van der Waals surface area contributed by atoms with Crippen LogP contribution in [0.2, 0.25) is 0 Å². The lowest BCUT2D eigenvalue weighted by atomic mass is 10.2. The van der Waals surface area contributed by atoms with E-state index in [9.17, 15) is 28.6 Å². The van der Waals surface area contributed by atoms with Gasteiger partial charge >= 0.3 is 18.6 Å². The molecule has 0 aromatic heterocycles. The van der Waals surface area contributed by atoms with Gasteiger partial charge < -0.3 is 24.4 Å². The number of benzene rings is 1. The van der Waals surface area contributed by atoms with Crippen molar-refractivity contribution < 1.29 is 42.8 Å². The molecule has 7 nitrogen and oxygen atoms in total. The van der Waals surface area contributed by atoms with Gasteiger partial charge in [0.25, 0.3) is 0 Å². The second kappa shape index (κ2) is 8.25. The first-order chi connectivity index (χ1) is 10.3. The summed E-state index contributed by atoms with van der Waals surface area (Å²) in [5, 5.41) is 18.6. The molecule has 0 amide bonds. The number of halogens is 2. The zero-order valence-electron chi connectivity index (χ0n) is 11.4. The van der Waals surface area contributed by atoms with Crippen LogP contribution in [0.1, 0.15) is 5.56 Å². The molecule has 122 valence electrons. The van der Waals surface area contributed by atoms with Crippen LogP contribution in [0.5, 0.6) is 5.75 Å². The third kappa shape index (κ3) is 5.26. The summed E-state index contributed by atoms with van der Waals surface area (Å²) >= 11 is 0. The van der Waals surface area contributed by atoms with Gasteiger partial charge in [-0.1, -0.05) is 12.1 Å². The number of esters is 2. The molecule has 0 aliphatic carbocycles. The number of aliphatic hydroxyl groups is 2. The molecule has 0 saturated carbocycles. The number of rotatable bonds is 7. The van der Waals surface area contributed by atoms with Crippen LogP contribution in [0.25, 0.3) is 0 Å². The molecular formula is C13H14F2O7. The van der Waals surface area contributed by atoms with Crippen molar-refractivity contribution in [2.45, 2.75) is 25.4 Å². The smallest absolute Gasteiger partial charge is 0.387 e. The largest absolute Gasteiger partial charge is 0.467 e. The Bertz CT molecular complexity index is 504. The van der Waals surface area contributed by atoms with Crippen molar-refractivity contribution >= 4 is 11.9 Å². The van der Waals surface area contributed by atoms with Crippen molar-refractivity contribution in [1.82, 2.24) is 0 Å². The molecule has 0 aliphatic heterocycles. The molecule has 1 rings (SSSR count). The lowest BCUT2D eigenvalue weighted by molar-refractivity contribution is -0.172. The van der Waals surface area contributed by atoms with E-state index in [0.717, 1.165) is 7.11 Å². The van der Waals surface area contributed by atoms with Crippen LogP contribution in [0, 0.1) is 0 Å². The van der Waals surface area contributed by atoms with Crippen LogP contribution in [0.4, 0.5) is 8.78 Å². The zero-order chi connectivity index (χ0) is 16.7. The summed E-state index contributed by atoms with van der Waals surface area (Å²) in [5.41, 5.74) is 0.426. The van der Waals surface area contributed by atoms with Gasteiger partial charge in [-0.05, 0) is 17.7 Å². The molecule has 2 atom stereocenters. The fourth-order valence-electron chi connectivity index (χ4n) is 1.39. The monoisotopic (exact) mass is 320 g/mol. The normalized spacial score (nSPS) is 13.4. The highest BCUT2D eigenvalue weighted by molar-refractivity contribution is 5.85. The summed E-state index contributed by atoms with van der Waals surface area (Å²) in [4.78, 5) is 22.4.